The van der Waals surface area contributed by atoms with Crippen LogP contribution in [0.1, 0.15) is 12.0 Å². The second-order valence-electron chi connectivity index (χ2n) is 6.63. The Morgan fingerprint density at radius 2 is 1.57 bits per heavy atom. The van der Waals surface area contributed by atoms with Crippen LogP contribution in [0.2, 0.25) is 0 Å². The highest BCUT2D eigenvalue weighted by Gasteiger charge is 2.48. The Kier molecular flexibility index (Phi) is 5.95. The second-order valence-corrected chi connectivity index (χ2v) is 8.53. The molecule has 0 saturated carbocycles. The van der Waals surface area contributed by atoms with Gasteiger partial charge in [0.25, 0.3) is 9.84 Å². The van der Waals surface area contributed by atoms with Crippen LogP contribution in [0.3, 0.4) is 0 Å². The zero-order valence-electron chi connectivity index (χ0n) is 15.0. The molecule has 0 spiro atoms. The summed E-state index contributed by atoms with van der Waals surface area (Å²) < 4.78 is 76.9. The molecule has 3 rings (SSSR count). The van der Waals surface area contributed by atoms with E-state index in [4.69, 9.17) is 0 Å². The van der Waals surface area contributed by atoms with Crippen molar-refractivity contribution in [2.24, 2.45) is 0 Å². The van der Waals surface area contributed by atoms with Gasteiger partial charge in [-0.3, -0.25) is 4.90 Å². The molecule has 2 aromatic carbocycles. The van der Waals surface area contributed by atoms with Gasteiger partial charge >= 0.3 is 5.51 Å². The van der Waals surface area contributed by atoms with Crippen LogP contribution in [0.25, 0.3) is 0 Å². The molecule has 9 heteroatoms. The molecule has 28 heavy (non-hydrogen) atoms. The monoisotopic (exact) mass is 416 g/mol. The first kappa shape index (κ1) is 20.6. The van der Waals surface area contributed by atoms with E-state index in [-0.39, 0.29) is 11.5 Å². The number of hydrogen-bond acceptors (Lipinski definition) is 4. The van der Waals surface area contributed by atoms with E-state index < -0.39 is 20.2 Å². The molecule has 1 fully saturated rings. The molecule has 1 saturated heterocycles. The van der Waals surface area contributed by atoms with Crippen LogP contribution in [-0.4, -0.2) is 45.0 Å². The topological polar surface area (TPSA) is 40.6 Å². The summed E-state index contributed by atoms with van der Waals surface area (Å²) >= 11 is 0. The first-order valence-electron chi connectivity index (χ1n) is 8.81. The van der Waals surface area contributed by atoms with Gasteiger partial charge in [-0.25, -0.2) is 12.8 Å². The van der Waals surface area contributed by atoms with Crippen LogP contribution in [0.15, 0.2) is 53.4 Å². The summed E-state index contributed by atoms with van der Waals surface area (Å²) in [5.41, 5.74) is -4.75. The van der Waals surface area contributed by atoms with Gasteiger partial charge < -0.3 is 4.90 Å². The van der Waals surface area contributed by atoms with Crippen molar-refractivity contribution in [3.8, 4) is 0 Å². The lowest BCUT2D eigenvalue weighted by atomic mass is 10.2. The van der Waals surface area contributed by atoms with Gasteiger partial charge in [0.1, 0.15) is 5.82 Å². The predicted molar refractivity (Wildman–Crippen MR) is 98.2 cm³/mol. The Morgan fingerprint density at radius 3 is 2.29 bits per heavy atom. The third-order valence-corrected chi connectivity index (χ3v) is 6.27. The number of benzene rings is 2. The van der Waals surface area contributed by atoms with Gasteiger partial charge in [-0.1, -0.05) is 30.3 Å². The van der Waals surface area contributed by atoms with Crippen LogP contribution in [0.4, 0.5) is 23.2 Å². The SMILES string of the molecule is O=S(=O)(c1ccccc1N1CCCN(Cc2ccccc2F)CC1)C(F)(F)F. The van der Waals surface area contributed by atoms with Crippen LogP contribution in [-0.2, 0) is 16.4 Å². The number of hydrogen-bond donors (Lipinski definition) is 0. The first-order chi connectivity index (χ1) is 13.2. The Bertz CT molecular complexity index is 932. The number of halogens is 4. The van der Waals surface area contributed by atoms with Crippen LogP contribution in [0.5, 0.6) is 0 Å². The number of anilines is 1. The number of para-hydroxylation sites is 1. The van der Waals surface area contributed by atoms with E-state index in [1.165, 1.54) is 24.3 Å². The molecule has 1 aliphatic rings. The van der Waals surface area contributed by atoms with Crippen molar-refractivity contribution in [2.75, 3.05) is 31.1 Å². The van der Waals surface area contributed by atoms with E-state index in [1.807, 2.05) is 4.90 Å². The van der Waals surface area contributed by atoms with Crippen molar-refractivity contribution in [1.82, 2.24) is 4.90 Å². The lowest BCUT2D eigenvalue weighted by molar-refractivity contribution is -0.0435. The lowest BCUT2D eigenvalue weighted by Crippen LogP contribution is -2.32. The molecule has 152 valence electrons. The largest absolute Gasteiger partial charge is 0.501 e. The highest BCUT2D eigenvalue weighted by molar-refractivity contribution is 7.92. The first-order valence-corrected chi connectivity index (χ1v) is 10.3. The standard InChI is InChI=1S/C19H20F4N2O2S/c20-16-7-2-1-6-15(16)14-24-10-5-11-25(13-12-24)17-8-3-4-9-18(17)28(26,27)19(21,22)23/h1-4,6-9H,5,10-14H2. The smallest absolute Gasteiger partial charge is 0.369 e. The highest BCUT2D eigenvalue weighted by Crippen LogP contribution is 2.36. The molecular formula is C19H20F4N2O2S. The van der Waals surface area contributed by atoms with Crippen LogP contribution >= 0.6 is 0 Å². The molecule has 0 bridgehead atoms. The molecule has 0 atom stereocenters. The molecule has 2 aromatic rings. The number of rotatable bonds is 4. The molecule has 0 N–H and O–H groups in total. The fourth-order valence-corrected chi connectivity index (χ4v) is 4.29. The molecule has 1 aliphatic heterocycles. The van der Waals surface area contributed by atoms with Gasteiger partial charge in [0.15, 0.2) is 0 Å². The van der Waals surface area contributed by atoms with Gasteiger partial charge in [-0.15, -0.1) is 0 Å². The van der Waals surface area contributed by atoms with Gasteiger partial charge in [0, 0.05) is 38.3 Å². The van der Waals surface area contributed by atoms with Crippen LogP contribution < -0.4 is 4.90 Å². The molecule has 4 nitrogen and oxygen atoms in total. The van der Waals surface area contributed by atoms with E-state index in [2.05, 4.69) is 0 Å². The van der Waals surface area contributed by atoms with Crippen LogP contribution in [0, 0.1) is 5.82 Å². The maximum atomic E-state index is 13.9. The van der Waals surface area contributed by atoms with Crippen molar-refractivity contribution in [3.63, 3.8) is 0 Å². The van der Waals surface area contributed by atoms with Gasteiger partial charge in [0.05, 0.1) is 10.6 Å². The van der Waals surface area contributed by atoms with E-state index in [1.54, 1.807) is 23.1 Å². The molecule has 0 aromatic heterocycles. The van der Waals surface area contributed by atoms with Crippen molar-refractivity contribution in [2.45, 2.75) is 23.4 Å². The average Bonchev–Trinajstić information content (AvgIpc) is 2.88. The summed E-state index contributed by atoms with van der Waals surface area (Å²) in [5.74, 6) is -0.301. The minimum atomic E-state index is -5.44. The van der Waals surface area contributed by atoms with E-state index in [0.717, 1.165) is 6.07 Å². The van der Waals surface area contributed by atoms with Gasteiger partial charge in [-0.2, -0.15) is 13.2 Å². The third-order valence-electron chi connectivity index (χ3n) is 4.74. The molecule has 1 heterocycles. The Morgan fingerprint density at radius 1 is 0.893 bits per heavy atom. The third kappa shape index (κ3) is 4.30. The summed E-state index contributed by atoms with van der Waals surface area (Å²) in [6.45, 7) is 2.27. The predicted octanol–water partition coefficient (Wildman–Crippen LogP) is 3.83. The van der Waals surface area contributed by atoms with Gasteiger partial charge in [0.2, 0.25) is 0 Å². The maximum absolute atomic E-state index is 13.9. The molecule has 0 radical (unpaired) electrons. The quantitative estimate of drug-likeness (QED) is 0.711. The molecular weight excluding hydrogens is 396 g/mol. The minimum absolute atomic E-state index is 0.0487. The second kappa shape index (κ2) is 8.08. The summed E-state index contributed by atoms with van der Waals surface area (Å²) in [5, 5.41) is 0. The molecule has 0 amide bonds. The van der Waals surface area contributed by atoms with Crippen molar-refractivity contribution >= 4 is 15.5 Å². The molecule has 0 aliphatic carbocycles. The Hall–Kier alpha value is -2.13. The normalized spacial score (nSPS) is 16.8. The van der Waals surface area contributed by atoms with Crippen molar-refractivity contribution in [3.05, 3.63) is 59.9 Å². The lowest BCUT2D eigenvalue weighted by Gasteiger charge is -2.26. The number of sulfone groups is 1. The van der Waals surface area contributed by atoms with E-state index in [0.29, 0.717) is 44.7 Å². The van der Waals surface area contributed by atoms with E-state index >= 15 is 0 Å². The zero-order valence-corrected chi connectivity index (χ0v) is 15.8. The fraction of sp³-hybridized carbons (Fsp3) is 0.368. The number of alkyl halides is 3. The van der Waals surface area contributed by atoms with E-state index in [9.17, 15) is 26.0 Å². The van der Waals surface area contributed by atoms with Crippen molar-refractivity contribution < 1.29 is 26.0 Å². The molecule has 0 unspecified atom stereocenters. The Labute approximate surface area is 161 Å². The Balaban J connectivity index is 1.79. The van der Waals surface area contributed by atoms with Gasteiger partial charge in [-0.05, 0) is 24.6 Å². The highest BCUT2D eigenvalue weighted by atomic mass is 32.2. The summed E-state index contributed by atoms with van der Waals surface area (Å²) in [6, 6.07) is 11.6. The summed E-state index contributed by atoms with van der Waals surface area (Å²) in [4.78, 5) is 2.93. The van der Waals surface area contributed by atoms with Crippen molar-refractivity contribution in [1.29, 1.82) is 0 Å². The summed E-state index contributed by atoms with van der Waals surface area (Å²) in [7, 11) is -5.44. The fourth-order valence-electron chi connectivity index (χ4n) is 3.31. The maximum Gasteiger partial charge on any atom is 0.501 e. The zero-order chi connectivity index (χ0) is 20.4. The summed E-state index contributed by atoms with van der Waals surface area (Å²) in [6.07, 6.45) is 0.620. The minimum Gasteiger partial charge on any atom is -0.369 e. The number of nitrogens with zero attached hydrogens (tertiary/aromatic N) is 2. The average molecular weight is 416 g/mol.